The van der Waals surface area contributed by atoms with Crippen molar-refractivity contribution in [3.63, 3.8) is 0 Å². The quantitative estimate of drug-likeness (QED) is 0.366. The second-order valence-corrected chi connectivity index (χ2v) is 9.57. The Bertz CT molecular complexity index is 1420. The van der Waals surface area contributed by atoms with Gasteiger partial charge in [0, 0.05) is 53.6 Å². The third kappa shape index (κ3) is 4.52. The van der Waals surface area contributed by atoms with Gasteiger partial charge in [-0.3, -0.25) is 9.20 Å². The van der Waals surface area contributed by atoms with Gasteiger partial charge < -0.3 is 10.2 Å². The highest BCUT2D eigenvalue weighted by atomic mass is 32.1. The summed E-state index contributed by atoms with van der Waals surface area (Å²) in [6.07, 6.45) is 5.57. The normalized spacial score (nSPS) is 14.3. The van der Waals surface area contributed by atoms with E-state index in [1.807, 2.05) is 88.9 Å². The highest BCUT2D eigenvalue weighted by Gasteiger charge is 2.26. The number of nitrogens with one attached hydrogen (secondary N) is 1. The first-order chi connectivity index (χ1) is 17.2. The number of piperidine rings is 1. The predicted molar refractivity (Wildman–Crippen MR) is 140 cm³/mol. The average molecular weight is 481 g/mol. The molecule has 1 saturated heterocycles. The van der Waals surface area contributed by atoms with E-state index in [0.29, 0.717) is 0 Å². The monoisotopic (exact) mass is 480 g/mol. The summed E-state index contributed by atoms with van der Waals surface area (Å²) < 4.78 is 2.01. The lowest BCUT2D eigenvalue weighted by molar-refractivity contribution is -0.120. The number of thiazole rings is 1. The number of benzene rings is 2. The van der Waals surface area contributed by atoms with Crippen LogP contribution in [0.5, 0.6) is 0 Å². The molecule has 6 rings (SSSR count). The number of rotatable bonds is 5. The lowest BCUT2D eigenvalue weighted by Crippen LogP contribution is -2.38. The summed E-state index contributed by atoms with van der Waals surface area (Å²) in [4.78, 5) is 20.8. The van der Waals surface area contributed by atoms with Gasteiger partial charge in [-0.2, -0.15) is 0 Å². The molecule has 0 spiro atoms. The summed E-state index contributed by atoms with van der Waals surface area (Å²) in [5.74, 6) is 0.902. The zero-order valence-electron chi connectivity index (χ0n) is 19.0. The molecule has 1 fully saturated rings. The number of carbonyl (C=O) groups excluding carboxylic acids is 1. The lowest BCUT2D eigenvalue weighted by atomic mass is 9.95. The molecular weight excluding hydrogens is 456 g/mol. The summed E-state index contributed by atoms with van der Waals surface area (Å²) >= 11 is 1.60. The largest absolute Gasteiger partial charge is 0.355 e. The molecule has 0 unspecified atom stereocenters. The molecule has 1 N–H and O–H groups in total. The second-order valence-electron chi connectivity index (χ2n) is 8.69. The Balaban J connectivity index is 1.07. The van der Waals surface area contributed by atoms with E-state index in [4.69, 9.17) is 0 Å². The van der Waals surface area contributed by atoms with Crippen LogP contribution in [0.2, 0.25) is 0 Å². The van der Waals surface area contributed by atoms with Crippen LogP contribution in [0.15, 0.2) is 84.5 Å². The second kappa shape index (κ2) is 9.31. The third-order valence-corrected chi connectivity index (χ3v) is 7.20. The third-order valence-electron chi connectivity index (χ3n) is 6.43. The predicted octanol–water partition coefficient (Wildman–Crippen LogP) is 5.37. The number of carbonyl (C=O) groups is 1. The standard InChI is InChI=1S/C27H24N6OS/c34-26(28-22-8-4-7-21(17-22)24-18-33-15-16-35-27(33)29-24)20-11-13-32(14-12-20)25-10-9-23(30-31-25)19-5-2-1-3-6-19/h1-10,15-18,20H,11-14H2,(H,28,34). The molecule has 35 heavy (non-hydrogen) atoms. The fourth-order valence-corrected chi connectivity index (χ4v) is 5.19. The number of amides is 1. The number of aromatic nitrogens is 4. The molecule has 2 aromatic carbocycles. The molecule has 0 aliphatic carbocycles. The Labute approximate surface area is 207 Å². The number of fused-ring (bicyclic) bond motifs is 1. The number of nitrogens with zero attached hydrogens (tertiary/aromatic N) is 5. The summed E-state index contributed by atoms with van der Waals surface area (Å²) in [5.41, 5.74) is 4.61. The fourth-order valence-electron chi connectivity index (χ4n) is 4.49. The highest BCUT2D eigenvalue weighted by Crippen LogP contribution is 2.27. The van der Waals surface area contributed by atoms with E-state index in [-0.39, 0.29) is 11.8 Å². The minimum Gasteiger partial charge on any atom is -0.355 e. The van der Waals surface area contributed by atoms with Crippen LogP contribution in [0, 0.1) is 5.92 Å². The van der Waals surface area contributed by atoms with E-state index in [0.717, 1.165) is 64.9 Å². The van der Waals surface area contributed by atoms with Gasteiger partial charge in [0.25, 0.3) is 0 Å². The molecule has 0 saturated carbocycles. The SMILES string of the molecule is O=C(Nc1cccc(-c2cn3ccsc3n2)c1)C1CCN(c2ccc(-c3ccccc3)nn2)CC1. The smallest absolute Gasteiger partial charge is 0.227 e. The molecule has 5 aromatic rings. The summed E-state index contributed by atoms with van der Waals surface area (Å²) in [6.45, 7) is 1.56. The molecule has 3 aromatic heterocycles. The van der Waals surface area contributed by atoms with Crippen molar-refractivity contribution >= 4 is 33.7 Å². The van der Waals surface area contributed by atoms with E-state index >= 15 is 0 Å². The van der Waals surface area contributed by atoms with Gasteiger partial charge in [0.05, 0.1) is 11.4 Å². The Morgan fingerprint density at radius 1 is 0.914 bits per heavy atom. The topological polar surface area (TPSA) is 75.4 Å². The van der Waals surface area contributed by atoms with Gasteiger partial charge in [0.1, 0.15) is 0 Å². The zero-order valence-corrected chi connectivity index (χ0v) is 19.9. The molecule has 1 amide bonds. The summed E-state index contributed by atoms with van der Waals surface area (Å²) in [7, 11) is 0. The Morgan fingerprint density at radius 3 is 2.51 bits per heavy atom. The van der Waals surface area contributed by atoms with Crippen molar-refractivity contribution in [1.82, 2.24) is 19.6 Å². The van der Waals surface area contributed by atoms with Crippen molar-refractivity contribution in [2.75, 3.05) is 23.3 Å². The van der Waals surface area contributed by atoms with Crippen LogP contribution in [0.4, 0.5) is 11.5 Å². The van der Waals surface area contributed by atoms with E-state index in [1.54, 1.807) is 11.3 Å². The van der Waals surface area contributed by atoms with Crippen LogP contribution in [-0.4, -0.2) is 38.6 Å². The van der Waals surface area contributed by atoms with Crippen molar-refractivity contribution in [3.8, 4) is 22.5 Å². The molecule has 0 atom stereocenters. The van der Waals surface area contributed by atoms with Crippen molar-refractivity contribution in [1.29, 1.82) is 0 Å². The van der Waals surface area contributed by atoms with Crippen molar-refractivity contribution in [3.05, 3.63) is 84.5 Å². The molecule has 0 radical (unpaired) electrons. The fraction of sp³-hybridized carbons (Fsp3) is 0.185. The average Bonchev–Trinajstić information content (AvgIpc) is 3.53. The lowest BCUT2D eigenvalue weighted by Gasteiger charge is -2.31. The number of anilines is 2. The molecule has 8 heteroatoms. The van der Waals surface area contributed by atoms with E-state index in [2.05, 4.69) is 25.4 Å². The maximum absolute atomic E-state index is 13.0. The van der Waals surface area contributed by atoms with Crippen LogP contribution < -0.4 is 10.2 Å². The summed E-state index contributed by atoms with van der Waals surface area (Å²) in [5, 5.41) is 14.0. The molecule has 4 heterocycles. The van der Waals surface area contributed by atoms with Crippen molar-refractivity contribution in [2.24, 2.45) is 5.92 Å². The first kappa shape index (κ1) is 21.5. The first-order valence-corrected chi connectivity index (χ1v) is 12.6. The van der Waals surface area contributed by atoms with Gasteiger partial charge in [0.15, 0.2) is 10.8 Å². The van der Waals surface area contributed by atoms with Crippen molar-refractivity contribution in [2.45, 2.75) is 12.8 Å². The van der Waals surface area contributed by atoms with Gasteiger partial charge in [-0.05, 0) is 37.1 Å². The molecule has 7 nitrogen and oxygen atoms in total. The van der Waals surface area contributed by atoms with Gasteiger partial charge >= 0.3 is 0 Å². The highest BCUT2D eigenvalue weighted by molar-refractivity contribution is 7.15. The first-order valence-electron chi connectivity index (χ1n) is 11.7. The molecule has 1 aliphatic rings. The van der Waals surface area contributed by atoms with Crippen LogP contribution >= 0.6 is 11.3 Å². The van der Waals surface area contributed by atoms with Crippen LogP contribution in [0.25, 0.3) is 27.5 Å². The maximum Gasteiger partial charge on any atom is 0.227 e. The van der Waals surface area contributed by atoms with Gasteiger partial charge in [-0.25, -0.2) is 4.98 Å². The number of hydrogen-bond acceptors (Lipinski definition) is 6. The van der Waals surface area contributed by atoms with E-state index in [9.17, 15) is 4.79 Å². The van der Waals surface area contributed by atoms with Crippen molar-refractivity contribution < 1.29 is 4.79 Å². The van der Waals surface area contributed by atoms with Crippen LogP contribution in [-0.2, 0) is 4.79 Å². The Hall–Kier alpha value is -4.04. The molecule has 0 bridgehead atoms. The minimum atomic E-state index is -0.0237. The molecular formula is C27H24N6OS. The maximum atomic E-state index is 13.0. The Morgan fingerprint density at radius 2 is 1.74 bits per heavy atom. The Kier molecular flexibility index (Phi) is 5.71. The minimum absolute atomic E-state index is 0.0237. The van der Waals surface area contributed by atoms with Gasteiger partial charge in [0.2, 0.25) is 5.91 Å². The van der Waals surface area contributed by atoms with E-state index < -0.39 is 0 Å². The summed E-state index contributed by atoms with van der Waals surface area (Å²) in [6, 6.07) is 22.0. The van der Waals surface area contributed by atoms with E-state index in [1.165, 1.54) is 0 Å². The molecule has 1 aliphatic heterocycles. The number of imidazole rings is 1. The molecule has 174 valence electrons. The van der Waals surface area contributed by atoms with Crippen LogP contribution in [0.3, 0.4) is 0 Å². The zero-order chi connectivity index (χ0) is 23.6. The van der Waals surface area contributed by atoms with Gasteiger partial charge in [-0.1, -0.05) is 42.5 Å². The van der Waals surface area contributed by atoms with Gasteiger partial charge in [-0.15, -0.1) is 21.5 Å². The van der Waals surface area contributed by atoms with Crippen LogP contribution in [0.1, 0.15) is 12.8 Å². The number of hydrogen-bond donors (Lipinski definition) is 1.